The summed E-state index contributed by atoms with van der Waals surface area (Å²) in [5.41, 5.74) is 3.80. The van der Waals surface area contributed by atoms with Crippen molar-refractivity contribution in [3.63, 3.8) is 0 Å². The predicted octanol–water partition coefficient (Wildman–Crippen LogP) is 7.56. The molecule has 14 nitrogen and oxygen atoms in total. The van der Waals surface area contributed by atoms with Crippen LogP contribution >= 0.6 is 0 Å². The Hall–Kier alpha value is -5.81. The summed E-state index contributed by atoms with van der Waals surface area (Å²) in [6, 6.07) is 22.5. The number of carbonyl (C=O) groups excluding carboxylic acids is 1. The van der Waals surface area contributed by atoms with Gasteiger partial charge in [-0.3, -0.25) is 4.79 Å². The van der Waals surface area contributed by atoms with Crippen LogP contribution in [0.15, 0.2) is 133 Å². The maximum absolute atomic E-state index is 12.7. The van der Waals surface area contributed by atoms with Crippen molar-refractivity contribution in [2.24, 2.45) is 20.5 Å². The van der Waals surface area contributed by atoms with E-state index < -0.39 is 52.8 Å². The Morgan fingerprint density at radius 1 is 0.740 bits per heavy atom. The number of aliphatic hydroxyl groups excluding tert-OH is 1. The second kappa shape index (κ2) is 14.0. The summed E-state index contributed by atoms with van der Waals surface area (Å²) in [4.78, 5) is 10.7. The molecule has 0 fully saturated rings. The summed E-state index contributed by atoms with van der Waals surface area (Å²) in [7, 11) is -10.4. The minimum absolute atomic E-state index is 0.137. The van der Waals surface area contributed by atoms with Crippen LogP contribution in [0.25, 0.3) is 21.9 Å². The van der Waals surface area contributed by atoms with E-state index in [1.807, 2.05) is 19.9 Å². The molecule has 0 aliphatic heterocycles. The lowest BCUT2D eigenvalue weighted by atomic mass is 9.96. The van der Waals surface area contributed by atoms with E-state index in [9.17, 15) is 40.9 Å². The number of fused-ring (bicyclic) bond motifs is 1. The van der Waals surface area contributed by atoms with E-state index >= 15 is 0 Å². The Labute approximate surface area is 286 Å². The largest absolute Gasteiger partial charge is 0.744 e. The molecule has 0 radical (unpaired) electrons. The number of benzene rings is 5. The minimum atomic E-state index is -5.32. The zero-order chi connectivity index (χ0) is 36.4. The van der Waals surface area contributed by atoms with Crippen LogP contribution in [0.3, 0.4) is 0 Å². The van der Waals surface area contributed by atoms with Gasteiger partial charge < -0.3 is 24.6 Å². The van der Waals surface area contributed by atoms with Gasteiger partial charge in [0.15, 0.2) is 5.70 Å². The zero-order valence-corrected chi connectivity index (χ0v) is 28.2. The van der Waals surface area contributed by atoms with Crippen molar-refractivity contribution in [2.75, 3.05) is 5.32 Å². The number of aryl methyl sites for hydroxylation is 2. The highest BCUT2D eigenvalue weighted by Crippen LogP contribution is 2.41. The third-order valence-electron chi connectivity index (χ3n) is 7.39. The third kappa shape index (κ3) is 7.90. The molecule has 0 saturated heterocycles. The van der Waals surface area contributed by atoms with E-state index in [4.69, 9.17) is 0 Å². The first-order valence-electron chi connectivity index (χ1n) is 14.6. The number of anilines is 1. The first-order chi connectivity index (χ1) is 23.5. The van der Waals surface area contributed by atoms with Crippen LogP contribution < -0.4 is 5.32 Å². The highest BCUT2D eigenvalue weighted by atomic mass is 32.2. The molecule has 16 heteroatoms. The van der Waals surface area contributed by atoms with Crippen LogP contribution in [-0.2, 0) is 25.0 Å². The molecular formula is C34H27N5O9S2-2. The molecule has 3 N–H and O–H groups in total. The number of aliphatic hydroxyl groups is 1. The summed E-state index contributed by atoms with van der Waals surface area (Å²) in [5, 5.41) is 38.9. The third-order valence-corrected chi connectivity index (χ3v) is 9.07. The molecule has 50 heavy (non-hydrogen) atoms. The fourth-order valence-electron chi connectivity index (χ4n) is 5.05. The van der Waals surface area contributed by atoms with Gasteiger partial charge in [-0.2, -0.15) is 10.2 Å². The van der Waals surface area contributed by atoms with E-state index in [2.05, 4.69) is 25.8 Å². The summed E-state index contributed by atoms with van der Waals surface area (Å²) in [5.74, 6) is -1.48. The van der Waals surface area contributed by atoms with Gasteiger partial charge in [0.25, 0.3) is 5.91 Å². The Morgan fingerprint density at radius 2 is 1.34 bits per heavy atom. The fourth-order valence-corrected chi connectivity index (χ4v) is 6.39. The second-order valence-electron chi connectivity index (χ2n) is 11.0. The van der Waals surface area contributed by atoms with Gasteiger partial charge in [-0.1, -0.05) is 36.4 Å². The monoisotopic (exact) mass is 713 g/mol. The van der Waals surface area contributed by atoms with Gasteiger partial charge in [-0.15, -0.1) is 10.2 Å². The maximum atomic E-state index is 12.7. The summed E-state index contributed by atoms with van der Waals surface area (Å²) in [6.07, 6.45) is 0. The van der Waals surface area contributed by atoms with E-state index in [0.29, 0.717) is 23.1 Å². The smallest absolute Gasteiger partial charge is 0.279 e. The van der Waals surface area contributed by atoms with Gasteiger partial charge in [0, 0.05) is 11.1 Å². The lowest BCUT2D eigenvalue weighted by molar-refractivity contribution is -0.113. The molecule has 0 heterocycles. The van der Waals surface area contributed by atoms with E-state index in [1.165, 1.54) is 6.92 Å². The Balaban J connectivity index is 1.42. The van der Waals surface area contributed by atoms with Crippen molar-refractivity contribution in [2.45, 2.75) is 30.6 Å². The van der Waals surface area contributed by atoms with Crippen LogP contribution in [0, 0.1) is 13.8 Å². The van der Waals surface area contributed by atoms with Gasteiger partial charge in [0.05, 0.1) is 21.2 Å². The molecule has 0 spiro atoms. The molecule has 1 amide bonds. The minimum Gasteiger partial charge on any atom is -0.744 e. The number of phenolic OH excluding ortho intramolecular Hbond substituents is 1. The molecule has 0 aliphatic rings. The number of aromatic hydroxyl groups is 1. The van der Waals surface area contributed by atoms with Crippen LogP contribution in [0.2, 0.25) is 0 Å². The Bertz CT molecular complexity index is 2480. The molecule has 256 valence electrons. The predicted molar refractivity (Wildman–Crippen MR) is 182 cm³/mol. The van der Waals surface area contributed by atoms with Crippen molar-refractivity contribution in [1.82, 2.24) is 0 Å². The van der Waals surface area contributed by atoms with Crippen LogP contribution in [-0.4, -0.2) is 42.1 Å². The number of carbonyl (C=O) groups is 1. The van der Waals surface area contributed by atoms with Crippen molar-refractivity contribution >= 4 is 59.7 Å². The van der Waals surface area contributed by atoms with Gasteiger partial charge in [-0.05, 0) is 103 Å². The summed E-state index contributed by atoms with van der Waals surface area (Å²) < 4.78 is 71.0. The Morgan fingerprint density at radius 3 is 1.88 bits per heavy atom. The number of azo groups is 2. The molecule has 5 rings (SSSR count). The quantitative estimate of drug-likeness (QED) is 0.0590. The topological polar surface area (TPSA) is 233 Å². The first-order valence-corrected chi connectivity index (χ1v) is 17.4. The lowest BCUT2D eigenvalue weighted by Crippen LogP contribution is -2.14. The molecule has 0 unspecified atom stereocenters. The average molecular weight is 714 g/mol. The number of allylic oxidation sites excluding steroid dienone is 1. The number of hydrogen-bond acceptors (Lipinski definition) is 13. The summed E-state index contributed by atoms with van der Waals surface area (Å²) in [6.45, 7) is 5.00. The molecule has 0 aliphatic carbocycles. The van der Waals surface area contributed by atoms with Crippen LogP contribution in [0.5, 0.6) is 5.75 Å². The van der Waals surface area contributed by atoms with Gasteiger partial charge in [0.1, 0.15) is 37.4 Å². The number of para-hydroxylation sites is 1. The second-order valence-corrected chi connectivity index (χ2v) is 13.7. The van der Waals surface area contributed by atoms with Crippen molar-refractivity contribution in [1.29, 1.82) is 0 Å². The molecule has 5 aromatic rings. The maximum Gasteiger partial charge on any atom is 0.279 e. The van der Waals surface area contributed by atoms with E-state index in [0.717, 1.165) is 40.5 Å². The van der Waals surface area contributed by atoms with Crippen molar-refractivity contribution < 1.29 is 40.9 Å². The van der Waals surface area contributed by atoms with Gasteiger partial charge in [-0.25, -0.2) is 16.8 Å². The molecular weight excluding hydrogens is 687 g/mol. The normalized spacial score (nSPS) is 12.8. The SMILES string of the molecule is CC(O)=C(N=Nc1ccc(-c2ccc(N=Nc3c(O)ccc4cc(S(=O)(=O)[O-])cc(S(=O)(=O)[O-])c34)cc2C)c(C)c1)C(=O)Nc1ccccc1. The Kier molecular flexibility index (Phi) is 9.92. The van der Waals surface area contributed by atoms with Crippen molar-refractivity contribution in [3.05, 3.63) is 114 Å². The molecule has 0 aromatic heterocycles. The molecule has 0 saturated carbocycles. The fraction of sp³-hybridized carbons (Fsp3) is 0.0882. The zero-order valence-electron chi connectivity index (χ0n) is 26.5. The molecule has 0 atom stereocenters. The highest BCUT2D eigenvalue weighted by molar-refractivity contribution is 7.86. The molecule has 0 bridgehead atoms. The number of nitrogens with one attached hydrogen (secondary N) is 1. The standard InChI is InChI=1S/C34H29N5O9S2/c1-19-15-24(36-38-32(21(3)40)34(42)35-23-7-5-4-6-8-23)10-12-27(19)28-13-11-25(16-20(28)2)37-39-33-29(41)14-9-22-17-26(49(43,44)45)18-30(31(22)33)50(46,47)48/h4-18,40-41H,1-3H3,(H,35,42)(H,43,44,45)(H,46,47,48)/p-2. The molecule has 5 aromatic carbocycles. The lowest BCUT2D eigenvalue weighted by Gasteiger charge is -2.16. The van der Waals surface area contributed by atoms with Crippen LogP contribution in [0.1, 0.15) is 18.1 Å². The van der Waals surface area contributed by atoms with Crippen LogP contribution in [0.4, 0.5) is 22.7 Å². The van der Waals surface area contributed by atoms with E-state index in [1.54, 1.807) is 60.7 Å². The summed E-state index contributed by atoms with van der Waals surface area (Å²) >= 11 is 0. The van der Waals surface area contributed by atoms with E-state index in [-0.39, 0.29) is 16.8 Å². The average Bonchev–Trinajstić information content (AvgIpc) is 3.04. The van der Waals surface area contributed by atoms with Gasteiger partial charge in [0.2, 0.25) is 0 Å². The first kappa shape index (κ1) is 35.5. The highest BCUT2D eigenvalue weighted by Gasteiger charge is 2.19. The number of rotatable bonds is 9. The number of amides is 1. The number of nitrogens with zero attached hydrogens (tertiary/aromatic N) is 4. The number of hydrogen-bond donors (Lipinski definition) is 3. The van der Waals surface area contributed by atoms with Gasteiger partial charge >= 0.3 is 0 Å². The number of phenols is 1. The van der Waals surface area contributed by atoms with Crippen molar-refractivity contribution in [3.8, 4) is 16.9 Å².